The van der Waals surface area contributed by atoms with Crippen molar-refractivity contribution in [3.63, 3.8) is 0 Å². The van der Waals surface area contributed by atoms with Crippen LogP contribution in [-0.2, 0) is 4.79 Å². The van der Waals surface area contributed by atoms with Gasteiger partial charge in [0, 0.05) is 43.9 Å². The third kappa shape index (κ3) is 3.23. The molecule has 2 fully saturated rings. The molecule has 0 radical (unpaired) electrons. The monoisotopic (exact) mass is 302 g/mol. The molecule has 22 heavy (non-hydrogen) atoms. The lowest BCUT2D eigenvalue weighted by molar-refractivity contribution is -0.127. The molecule has 0 aromatic carbocycles. The van der Waals surface area contributed by atoms with E-state index in [0.29, 0.717) is 5.91 Å². The topological polar surface area (TPSA) is 49.3 Å². The van der Waals surface area contributed by atoms with E-state index in [1.807, 2.05) is 11.8 Å². The van der Waals surface area contributed by atoms with Gasteiger partial charge in [0.1, 0.15) is 12.1 Å². The molecule has 0 unspecified atom stereocenters. The number of carbonyl (C=O) groups is 1. The molecule has 0 saturated carbocycles. The molecule has 3 heterocycles. The van der Waals surface area contributed by atoms with Gasteiger partial charge in [0.05, 0.1) is 0 Å². The number of carbonyl (C=O) groups excluding carboxylic acids is 1. The summed E-state index contributed by atoms with van der Waals surface area (Å²) in [4.78, 5) is 24.8. The van der Waals surface area contributed by atoms with Gasteiger partial charge in [-0.25, -0.2) is 9.97 Å². The molecular weight excluding hydrogens is 276 g/mol. The van der Waals surface area contributed by atoms with Gasteiger partial charge in [0.2, 0.25) is 5.91 Å². The normalized spacial score (nSPS) is 20.0. The van der Waals surface area contributed by atoms with Crippen LogP contribution in [0.5, 0.6) is 0 Å². The maximum Gasteiger partial charge on any atom is 0.222 e. The fourth-order valence-electron chi connectivity index (χ4n) is 3.56. The van der Waals surface area contributed by atoms with Crippen LogP contribution in [0.2, 0.25) is 0 Å². The summed E-state index contributed by atoms with van der Waals surface area (Å²) >= 11 is 0. The lowest BCUT2D eigenvalue weighted by Crippen LogP contribution is -2.36. The van der Waals surface area contributed by atoms with Crippen LogP contribution in [-0.4, -0.2) is 47.0 Å². The Bertz CT molecular complexity index is 537. The van der Waals surface area contributed by atoms with Crippen LogP contribution >= 0.6 is 0 Å². The van der Waals surface area contributed by atoms with Crippen LogP contribution < -0.4 is 4.90 Å². The Morgan fingerprint density at radius 1 is 1.18 bits per heavy atom. The standard InChI is InChI=1S/C17H26N4O/c1-13-14(2)18-12-19-17(13)21-10-6-15(7-11-21)5-9-20-8-3-4-16(20)22/h12,15H,3-11H2,1-2H3. The van der Waals surface area contributed by atoms with Crippen molar-refractivity contribution in [2.45, 2.75) is 46.0 Å². The van der Waals surface area contributed by atoms with Crippen molar-refractivity contribution >= 4 is 11.7 Å². The quantitative estimate of drug-likeness (QED) is 0.856. The number of hydrogen-bond donors (Lipinski definition) is 0. The molecule has 0 spiro atoms. The van der Waals surface area contributed by atoms with E-state index in [4.69, 9.17) is 0 Å². The summed E-state index contributed by atoms with van der Waals surface area (Å²) in [5.74, 6) is 2.19. The maximum absolute atomic E-state index is 11.7. The molecule has 0 bridgehead atoms. The van der Waals surface area contributed by atoms with Crippen LogP contribution in [0.25, 0.3) is 0 Å². The van der Waals surface area contributed by atoms with Gasteiger partial charge in [-0.1, -0.05) is 0 Å². The Morgan fingerprint density at radius 2 is 1.95 bits per heavy atom. The summed E-state index contributed by atoms with van der Waals surface area (Å²) in [7, 11) is 0. The zero-order chi connectivity index (χ0) is 15.5. The van der Waals surface area contributed by atoms with Crippen molar-refractivity contribution in [2.75, 3.05) is 31.1 Å². The summed E-state index contributed by atoms with van der Waals surface area (Å²) < 4.78 is 0. The smallest absolute Gasteiger partial charge is 0.222 e. The van der Waals surface area contributed by atoms with Gasteiger partial charge in [0.25, 0.3) is 0 Å². The number of aromatic nitrogens is 2. The molecule has 5 heteroatoms. The van der Waals surface area contributed by atoms with Gasteiger partial charge in [-0.15, -0.1) is 0 Å². The molecular formula is C17H26N4O. The molecule has 5 nitrogen and oxygen atoms in total. The van der Waals surface area contributed by atoms with E-state index in [1.54, 1.807) is 6.33 Å². The molecule has 120 valence electrons. The Morgan fingerprint density at radius 3 is 2.64 bits per heavy atom. The molecule has 3 rings (SSSR count). The number of amides is 1. The van der Waals surface area contributed by atoms with Crippen molar-refractivity contribution in [3.8, 4) is 0 Å². The molecule has 0 N–H and O–H groups in total. The summed E-state index contributed by atoms with van der Waals surface area (Å²) in [5, 5.41) is 0. The average molecular weight is 302 g/mol. The van der Waals surface area contributed by atoms with E-state index >= 15 is 0 Å². The number of hydrogen-bond acceptors (Lipinski definition) is 4. The van der Waals surface area contributed by atoms with Crippen LogP contribution in [0.3, 0.4) is 0 Å². The average Bonchev–Trinajstić information content (AvgIpc) is 2.94. The van der Waals surface area contributed by atoms with Crippen LogP contribution in [0, 0.1) is 19.8 Å². The number of likely N-dealkylation sites (tertiary alicyclic amines) is 1. The second-order valence-corrected chi connectivity index (χ2v) is 6.61. The van der Waals surface area contributed by atoms with E-state index in [0.717, 1.165) is 62.9 Å². The van der Waals surface area contributed by atoms with E-state index in [1.165, 1.54) is 18.4 Å². The zero-order valence-electron chi connectivity index (χ0n) is 13.7. The highest BCUT2D eigenvalue weighted by Crippen LogP contribution is 2.27. The van der Waals surface area contributed by atoms with E-state index in [2.05, 4.69) is 21.8 Å². The molecule has 2 aliphatic rings. The summed E-state index contributed by atoms with van der Waals surface area (Å²) in [6, 6.07) is 0. The number of rotatable bonds is 4. The summed E-state index contributed by atoms with van der Waals surface area (Å²) in [6.07, 6.45) is 7.02. The van der Waals surface area contributed by atoms with Crippen LogP contribution in [0.4, 0.5) is 5.82 Å². The molecule has 1 aromatic heterocycles. The number of piperidine rings is 1. The van der Waals surface area contributed by atoms with Gasteiger partial charge in [-0.2, -0.15) is 0 Å². The first-order valence-corrected chi connectivity index (χ1v) is 8.46. The van der Waals surface area contributed by atoms with Gasteiger partial charge in [-0.05, 0) is 45.4 Å². The number of nitrogens with zero attached hydrogens (tertiary/aromatic N) is 4. The van der Waals surface area contributed by atoms with Crippen molar-refractivity contribution in [2.24, 2.45) is 5.92 Å². The summed E-state index contributed by atoms with van der Waals surface area (Å²) in [6.45, 7) is 8.20. The molecule has 0 aliphatic carbocycles. The van der Waals surface area contributed by atoms with Gasteiger partial charge in [-0.3, -0.25) is 4.79 Å². The van der Waals surface area contributed by atoms with Crippen molar-refractivity contribution in [1.82, 2.24) is 14.9 Å². The van der Waals surface area contributed by atoms with Crippen molar-refractivity contribution < 1.29 is 4.79 Å². The van der Waals surface area contributed by atoms with E-state index in [-0.39, 0.29) is 0 Å². The largest absolute Gasteiger partial charge is 0.356 e. The van der Waals surface area contributed by atoms with E-state index in [9.17, 15) is 4.79 Å². The highest BCUT2D eigenvalue weighted by atomic mass is 16.2. The second kappa shape index (κ2) is 6.63. The molecule has 2 saturated heterocycles. The predicted molar refractivity (Wildman–Crippen MR) is 86.9 cm³/mol. The van der Waals surface area contributed by atoms with Gasteiger partial charge in [0.15, 0.2) is 0 Å². The first-order chi connectivity index (χ1) is 10.6. The minimum absolute atomic E-state index is 0.351. The second-order valence-electron chi connectivity index (χ2n) is 6.61. The summed E-state index contributed by atoms with van der Waals surface area (Å²) in [5.41, 5.74) is 2.27. The third-order valence-corrected chi connectivity index (χ3v) is 5.20. The van der Waals surface area contributed by atoms with Crippen LogP contribution in [0.1, 0.15) is 43.4 Å². The Balaban J connectivity index is 1.50. The molecule has 1 aromatic rings. The minimum Gasteiger partial charge on any atom is -0.356 e. The minimum atomic E-state index is 0.351. The molecule has 1 amide bonds. The number of anilines is 1. The zero-order valence-corrected chi connectivity index (χ0v) is 13.7. The van der Waals surface area contributed by atoms with Crippen molar-refractivity contribution in [1.29, 1.82) is 0 Å². The molecule has 2 aliphatic heterocycles. The van der Waals surface area contributed by atoms with Crippen molar-refractivity contribution in [3.05, 3.63) is 17.6 Å². The lowest BCUT2D eigenvalue weighted by Gasteiger charge is -2.34. The van der Waals surface area contributed by atoms with Gasteiger partial charge < -0.3 is 9.80 Å². The maximum atomic E-state index is 11.7. The van der Waals surface area contributed by atoms with E-state index < -0.39 is 0 Å². The lowest BCUT2D eigenvalue weighted by atomic mass is 9.93. The highest BCUT2D eigenvalue weighted by Gasteiger charge is 2.24. The first-order valence-electron chi connectivity index (χ1n) is 8.46. The molecule has 0 atom stereocenters. The van der Waals surface area contributed by atoms with Gasteiger partial charge >= 0.3 is 0 Å². The first kappa shape index (κ1) is 15.3. The predicted octanol–water partition coefficient (Wildman–Crippen LogP) is 2.32. The highest BCUT2D eigenvalue weighted by molar-refractivity contribution is 5.77. The van der Waals surface area contributed by atoms with Crippen LogP contribution in [0.15, 0.2) is 6.33 Å². The Labute approximate surface area is 132 Å². The Kier molecular flexibility index (Phi) is 4.60. The SMILES string of the molecule is Cc1ncnc(N2CCC(CCN3CCCC3=O)CC2)c1C. The fourth-order valence-corrected chi connectivity index (χ4v) is 3.56. The number of aryl methyl sites for hydroxylation is 1. The fraction of sp³-hybridized carbons (Fsp3) is 0.706. The third-order valence-electron chi connectivity index (χ3n) is 5.20. The Hall–Kier alpha value is -1.65.